The summed E-state index contributed by atoms with van der Waals surface area (Å²) in [6, 6.07) is 9.64. The fourth-order valence-corrected chi connectivity index (χ4v) is 2.33. The summed E-state index contributed by atoms with van der Waals surface area (Å²) in [4.78, 5) is 22.8. The molecule has 1 aliphatic heterocycles. The van der Waals surface area contributed by atoms with Crippen LogP contribution in [0.15, 0.2) is 42.5 Å². The molecule has 122 valence electrons. The third kappa shape index (κ3) is 3.05. The zero-order valence-electron chi connectivity index (χ0n) is 12.8. The molecule has 0 aromatic heterocycles. The summed E-state index contributed by atoms with van der Waals surface area (Å²) >= 11 is 0. The molecule has 0 fully saturated rings. The van der Waals surface area contributed by atoms with Crippen molar-refractivity contribution in [1.29, 1.82) is 0 Å². The number of rotatable bonds is 5. The van der Waals surface area contributed by atoms with Crippen molar-refractivity contribution in [3.8, 4) is 11.5 Å². The summed E-state index contributed by atoms with van der Waals surface area (Å²) in [7, 11) is 1.61. The molecule has 2 aromatic rings. The predicted molar refractivity (Wildman–Crippen MR) is 88.6 cm³/mol. The van der Waals surface area contributed by atoms with Crippen LogP contribution < -0.4 is 14.8 Å². The number of carbonyl (C=O) groups is 1. The zero-order valence-corrected chi connectivity index (χ0v) is 12.8. The molecule has 0 radical (unpaired) electrons. The Balaban J connectivity index is 1.81. The van der Waals surface area contributed by atoms with E-state index in [0.29, 0.717) is 28.3 Å². The van der Waals surface area contributed by atoms with Crippen molar-refractivity contribution in [3.05, 3.63) is 63.7 Å². The number of hydrogen-bond donors (Lipinski definition) is 1. The van der Waals surface area contributed by atoms with Crippen LogP contribution in [0.1, 0.15) is 15.9 Å². The van der Waals surface area contributed by atoms with Crippen molar-refractivity contribution in [2.45, 2.75) is 0 Å². The predicted octanol–water partition coefficient (Wildman–Crippen LogP) is 3.26. The van der Waals surface area contributed by atoms with Crippen molar-refractivity contribution >= 4 is 23.2 Å². The molecule has 3 rings (SSSR count). The van der Waals surface area contributed by atoms with E-state index in [9.17, 15) is 14.9 Å². The van der Waals surface area contributed by atoms with E-state index in [2.05, 4.69) is 5.32 Å². The molecule has 0 bridgehead atoms. The molecule has 0 saturated heterocycles. The smallest absolute Gasteiger partial charge is 0.292 e. The minimum atomic E-state index is -0.469. The molecule has 7 nitrogen and oxygen atoms in total. The maximum absolute atomic E-state index is 12.2. The monoisotopic (exact) mass is 326 g/mol. The van der Waals surface area contributed by atoms with E-state index < -0.39 is 4.92 Å². The van der Waals surface area contributed by atoms with Gasteiger partial charge in [0, 0.05) is 18.7 Å². The van der Waals surface area contributed by atoms with E-state index in [0.717, 1.165) is 0 Å². The Labute approximate surface area is 137 Å². The second-order valence-corrected chi connectivity index (χ2v) is 5.05. The second kappa shape index (κ2) is 6.41. The van der Waals surface area contributed by atoms with Crippen LogP contribution in [-0.2, 0) is 0 Å². The molecule has 0 amide bonds. The molecule has 1 aliphatic rings. The summed E-state index contributed by atoms with van der Waals surface area (Å²) < 4.78 is 10.4. The van der Waals surface area contributed by atoms with Gasteiger partial charge in [0.2, 0.25) is 6.79 Å². The van der Waals surface area contributed by atoms with E-state index in [1.165, 1.54) is 12.1 Å². The number of carbonyl (C=O) groups excluding carboxylic acids is 1. The number of ketones is 1. The summed E-state index contributed by atoms with van der Waals surface area (Å²) in [6.07, 6.45) is 2.91. The Morgan fingerprint density at radius 1 is 1.21 bits per heavy atom. The highest BCUT2D eigenvalue weighted by atomic mass is 16.7. The maximum atomic E-state index is 12.2. The molecule has 0 atom stereocenters. The van der Waals surface area contributed by atoms with Crippen LogP contribution in [0.4, 0.5) is 11.4 Å². The van der Waals surface area contributed by atoms with Crippen LogP contribution in [0.5, 0.6) is 11.5 Å². The number of nitrogens with one attached hydrogen (secondary N) is 1. The van der Waals surface area contributed by atoms with E-state index >= 15 is 0 Å². The molecule has 2 aromatic carbocycles. The number of allylic oxidation sites excluding steroid dienone is 1. The lowest BCUT2D eigenvalue weighted by molar-refractivity contribution is -0.383. The number of nitro groups is 1. The van der Waals surface area contributed by atoms with Gasteiger partial charge >= 0.3 is 0 Å². The number of benzene rings is 2. The summed E-state index contributed by atoms with van der Waals surface area (Å²) in [5, 5.41) is 13.8. The van der Waals surface area contributed by atoms with E-state index in [1.807, 2.05) is 0 Å². The second-order valence-electron chi connectivity index (χ2n) is 5.05. The van der Waals surface area contributed by atoms with Crippen molar-refractivity contribution in [1.82, 2.24) is 0 Å². The van der Waals surface area contributed by atoms with E-state index in [1.54, 1.807) is 43.5 Å². The standard InChI is InChI=1S/C17H14N2O5/c1-18-13-5-2-11(8-14(13)19(21)22)3-6-15(20)12-4-7-16-17(9-12)24-10-23-16/h2-9,18H,10H2,1H3/b6-3+. The van der Waals surface area contributed by atoms with Gasteiger partial charge in [0.1, 0.15) is 5.69 Å². The van der Waals surface area contributed by atoms with Crippen LogP contribution in [0, 0.1) is 10.1 Å². The van der Waals surface area contributed by atoms with Gasteiger partial charge in [0.05, 0.1) is 4.92 Å². The zero-order chi connectivity index (χ0) is 17.1. The number of nitrogens with zero attached hydrogens (tertiary/aromatic N) is 1. The average Bonchev–Trinajstić information content (AvgIpc) is 3.06. The fraction of sp³-hybridized carbons (Fsp3) is 0.118. The highest BCUT2D eigenvalue weighted by Gasteiger charge is 2.15. The highest BCUT2D eigenvalue weighted by molar-refractivity contribution is 6.07. The van der Waals surface area contributed by atoms with E-state index in [-0.39, 0.29) is 18.3 Å². The maximum Gasteiger partial charge on any atom is 0.292 e. The van der Waals surface area contributed by atoms with Gasteiger partial charge < -0.3 is 14.8 Å². The minimum absolute atomic E-state index is 0.0461. The summed E-state index contributed by atoms with van der Waals surface area (Å²) in [6.45, 7) is 0.143. The topological polar surface area (TPSA) is 90.7 Å². The van der Waals surface area contributed by atoms with Gasteiger partial charge in [-0.3, -0.25) is 14.9 Å². The largest absolute Gasteiger partial charge is 0.454 e. The molecule has 1 N–H and O–H groups in total. The third-order valence-corrected chi connectivity index (χ3v) is 3.57. The first kappa shape index (κ1) is 15.5. The molecular formula is C17H14N2O5. The van der Waals surface area contributed by atoms with Gasteiger partial charge in [-0.2, -0.15) is 0 Å². The van der Waals surface area contributed by atoms with Crippen LogP contribution in [0.25, 0.3) is 6.08 Å². The van der Waals surface area contributed by atoms with Gasteiger partial charge in [-0.05, 0) is 35.9 Å². The Bertz CT molecular complexity index is 845. The van der Waals surface area contributed by atoms with Crippen LogP contribution in [-0.4, -0.2) is 24.5 Å². The third-order valence-electron chi connectivity index (χ3n) is 3.57. The molecule has 0 unspecified atom stereocenters. The Hall–Kier alpha value is -3.35. The average molecular weight is 326 g/mol. The van der Waals surface area contributed by atoms with Crippen molar-refractivity contribution in [3.63, 3.8) is 0 Å². The molecule has 0 spiro atoms. The van der Waals surface area contributed by atoms with Crippen molar-refractivity contribution < 1.29 is 19.2 Å². The molecule has 24 heavy (non-hydrogen) atoms. The van der Waals surface area contributed by atoms with Gasteiger partial charge in [-0.1, -0.05) is 12.1 Å². The highest BCUT2D eigenvalue weighted by Crippen LogP contribution is 2.32. The molecule has 0 saturated carbocycles. The lowest BCUT2D eigenvalue weighted by Crippen LogP contribution is -1.97. The lowest BCUT2D eigenvalue weighted by Gasteiger charge is -2.03. The molecule has 7 heteroatoms. The number of nitro benzene ring substituents is 1. The SMILES string of the molecule is CNc1ccc(/C=C/C(=O)c2ccc3c(c2)OCO3)cc1[N+](=O)[O-]. The molecule has 1 heterocycles. The normalized spacial score (nSPS) is 12.4. The Kier molecular flexibility index (Phi) is 4.15. The number of hydrogen-bond acceptors (Lipinski definition) is 6. The Morgan fingerprint density at radius 2 is 2.00 bits per heavy atom. The first-order valence-corrected chi connectivity index (χ1v) is 7.17. The van der Waals surface area contributed by atoms with Crippen molar-refractivity contribution in [2.75, 3.05) is 19.2 Å². The van der Waals surface area contributed by atoms with E-state index in [4.69, 9.17) is 9.47 Å². The lowest BCUT2D eigenvalue weighted by atomic mass is 10.1. The van der Waals surface area contributed by atoms with Crippen LogP contribution >= 0.6 is 0 Å². The van der Waals surface area contributed by atoms with Crippen LogP contribution in [0.2, 0.25) is 0 Å². The first-order chi connectivity index (χ1) is 11.6. The van der Waals surface area contributed by atoms with Gasteiger partial charge in [-0.25, -0.2) is 0 Å². The van der Waals surface area contributed by atoms with Gasteiger partial charge in [0.25, 0.3) is 5.69 Å². The van der Waals surface area contributed by atoms with Gasteiger partial charge in [0.15, 0.2) is 17.3 Å². The van der Waals surface area contributed by atoms with Crippen LogP contribution in [0.3, 0.4) is 0 Å². The number of ether oxygens (including phenoxy) is 2. The molecule has 0 aliphatic carbocycles. The number of anilines is 1. The summed E-state index contributed by atoms with van der Waals surface area (Å²) in [5.74, 6) is 0.908. The van der Waals surface area contributed by atoms with Crippen molar-refractivity contribution in [2.24, 2.45) is 0 Å². The Morgan fingerprint density at radius 3 is 2.75 bits per heavy atom. The minimum Gasteiger partial charge on any atom is -0.454 e. The van der Waals surface area contributed by atoms with Gasteiger partial charge in [-0.15, -0.1) is 0 Å². The quantitative estimate of drug-likeness (QED) is 0.392. The number of fused-ring (bicyclic) bond motifs is 1. The first-order valence-electron chi connectivity index (χ1n) is 7.17. The fourth-order valence-electron chi connectivity index (χ4n) is 2.33. The molecular weight excluding hydrogens is 312 g/mol. The summed E-state index contributed by atoms with van der Waals surface area (Å²) in [5.41, 5.74) is 1.39.